The summed E-state index contributed by atoms with van der Waals surface area (Å²) in [6.07, 6.45) is 0.0339. The highest BCUT2D eigenvalue weighted by molar-refractivity contribution is 5.66. The minimum Gasteiger partial charge on any atom is -0.448 e. The van der Waals surface area contributed by atoms with Crippen LogP contribution in [0.2, 0.25) is 0 Å². The molecule has 0 bridgehead atoms. The number of carbonyl (C=O) groups is 1. The van der Waals surface area contributed by atoms with Crippen LogP contribution < -0.4 is 11.1 Å². The summed E-state index contributed by atoms with van der Waals surface area (Å²) in [4.78, 5) is 10.8. The van der Waals surface area contributed by atoms with Crippen molar-refractivity contribution in [3.63, 3.8) is 0 Å². The van der Waals surface area contributed by atoms with Crippen molar-refractivity contribution in [1.82, 2.24) is 5.32 Å². The van der Waals surface area contributed by atoms with Crippen LogP contribution in [0.1, 0.15) is 5.56 Å². The molecule has 4 nitrogen and oxygen atoms in total. The molecule has 1 rings (SSSR count). The monoisotopic (exact) mass is 226 g/mol. The van der Waals surface area contributed by atoms with Gasteiger partial charge in [-0.15, -0.1) is 0 Å². The Balaban J connectivity index is 2.36. The second-order valence-corrected chi connectivity index (χ2v) is 3.44. The molecule has 5 heteroatoms. The highest BCUT2D eigenvalue weighted by atomic mass is 19.1. The van der Waals surface area contributed by atoms with E-state index in [9.17, 15) is 9.18 Å². The Kier molecular flexibility index (Phi) is 4.72. The number of nitrogens with two attached hydrogens (primary N) is 1. The van der Waals surface area contributed by atoms with Crippen LogP contribution in [0.5, 0.6) is 0 Å². The first-order chi connectivity index (χ1) is 7.61. The van der Waals surface area contributed by atoms with Gasteiger partial charge in [0, 0.05) is 13.1 Å². The highest BCUT2D eigenvalue weighted by Crippen LogP contribution is 2.05. The normalized spacial score (nSPS) is 11.9. The van der Waals surface area contributed by atoms with Gasteiger partial charge < -0.3 is 15.8 Å². The van der Waals surface area contributed by atoms with E-state index in [1.54, 1.807) is 12.1 Å². The van der Waals surface area contributed by atoms with Gasteiger partial charge in [0.15, 0.2) is 0 Å². The average molecular weight is 226 g/mol. The molecule has 0 heterocycles. The Hall–Kier alpha value is -1.62. The predicted octanol–water partition coefficient (Wildman–Crippen LogP) is 1.05. The fourth-order valence-corrected chi connectivity index (χ4v) is 1.24. The van der Waals surface area contributed by atoms with E-state index in [1.165, 1.54) is 19.2 Å². The molecule has 0 radical (unpaired) electrons. The predicted molar refractivity (Wildman–Crippen MR) is 58.5 cm³/mol. The lowest BCUT2D eigenvalue weighted by Gasteiger charge is -2.11. The van der Waals surface area contributed by atoms with Gasteiger partial charge in [-0.25, -0.2) is 9.18 Å². The van der Waals surface area contributed by atoms with Crippen LogP contribution >= 0.6 is 0 Å². The van der Waals surface area contributed by atoms with Gasteiger partial charge in [-0.1, -0.05) is 12.1 Å². The Bertz CT molecular complexity index is 340. The molecule has 0 saturated heterocycles. The van der Waals surface area contributed by atoms with Crippen LogP contribution in [0, 0.1) is 5.82 Å². The summed E-state index contributed by atoms with van der Waals surface area (Å²) >= 11 is 0. The summed E-state index contributed by atoms with van der Waals surface area (Å²) in [6.45, 7) is 0.136. The van der Waals surface area contributed by atoms with Gasteiger partial charge >= 0.3 is 6.09 Å². The number of rotatable bonds is 4. The molecule has 1 aromatic rings. The maximum absolute atomic E-state index is 12.6. The highest BCUT2D eigenvalue weighted by Gasteiger charge is 2.07. The van der Waals surface area contributed by atoms with E-state index in [0.29, 0.717) is 6.42 Å². The Labute approximate surface area is 93.6 Å². The van der Waals surface area contributed by atoms with E-state index in [1.807, 2.05) is 0 Å². The van der Waals surface area contributed by atoms with Crippen molar-refractivity contribution in [2.45, 2.75) is 12.5 Å². The lowest BCUT2D eigenvalue weighted by molar-refractivity contribution is 0.141. The van der Waals surface area contributed by atoms with Gasteiger partial charge in [0.1, 0.15) is 12.4 Å². The van der Waals surface area contributed by atoms with Gasteiger partial charge in [0.25, 0.3) is 0 Å². The van der Waals surface area contributed by atoms with Gasteiger partial charge in [-0.3, -0.25) is 0 Å². The number of nitrogens with one attached hydrogen (secondary N) is 1. The quantitative estimate of drug-likeness (QED) is 0.806. The summed E-state index contributed by atoms with van der Waals surface area (Å²) in [5, 5.41) is 2.33. The molecule has 0 fully saturated rings. The number of carbonyl (C=O) groups excluding carboxylic acids is 1. The molecule has 1 atom stereocenters. The molecule has 88 valence electrons. The van der Waals surface area contributed by atoms with Crippen LogP contribution in [-0.2, 0) is 11.2 Å². The Morgan fingerprint density at radius 3 is 2.69 bits per heavy atom. The first-order valence-corrected chi connectivity index (χ1v) is 4.96. The first kappa shape index (κ1) is 12.4. The average Bonchev–Trinajstić information content (AvgIpc) is 2.29. The number of halogens is 1. The van der Waals surface area contributed by atoms with E-state index in [2.05, 4.69) is 5.32 Å². The summed E-state index contributed by atoms with van der Waals surface area (Å²) in [5.41, 5.74) is 6.66. The molecule has 0 aliphatic carbocycles. The topological polar surface area (TPSA) is 64.3 Å². The van der Waals surface area contributed by atoms with E-state index in [0.717, 1.165) is 5.56 Å². The third kappa shape index (κ3) is 4.27. The van der Waals surface area contributed by atoms with Gasteiger partial charge in [0.2, 0.25) is 0 Å². The van der Waals surface area contributed by atoms with Crippen LogP contribution in [0.4, 0.5) is 9.18 Å². The number of ether oxygens (including phenoxy) is 1. The maximum atomic E-state index is 12.6. The largest absolute Gasteiger partial charge is 0.448 e. The Morgan fingerprint density at radius 2 is 2.12 bits per heavy atom. The third-order valence-corrected chi connectivity index (χ3v) is 2.04. The van der Waals surface area contributed by atoms with Crippen molar-refractivity contribution in [2.24, 2.45) is 5.73 Å². The number of amides is 1. The van der Waals surface area contributed by atoms with Crippen LogP contribution in [0.3, 0.4) is 0 Å². The number of hydrogen-bond acceptors (Lipinski definition) is 3. The minimum atomic E-state index is -0.505. The Morgan fingerprint density at radius 1 is 1.50 bits per heavy atom. The molecular weight excluding hydrogens is 211 g/mol. The number of hydrogen-bond donors (Lipinski definition) is 2. The molecule has 3 N–H and O–H groups in total. The van der Waals surface area contributed by atoms with Crippen molar-refractivity contribution < 1.29 is 13.9 Å². The van der Waals surface area contributed by atoms with E-state index in [-0.39, 0.29) is 18.5 Å². The van der Waals surface area contributed by atoms with Crippen LogP contribution in [0.25, 0.3) is 0 Å². The molecule has 0 spiro atoms. The van der Waals surface area contributed by atoms with Crippen molar-refractivity contribution in [1.29, 1.82) is 0 Å². The summed E-state index contributed by atoms with van der Waals surface area (Å²) in [7, 11) is 1.48. The van der Waals surface area contributed by atoms with Crippen molar-refractivity contribution in [2.75, 3.05) is 13.7 Å². The standard InChI is InChI=1S/C11H15FN2O2/c1-14-11(15)16-7-10(13)6-8-2-4-9(12)5-3-8/h2-5,10H,6-7,13H2,1H3,(H,14,15). The van der Waals surface area contributed by atoms with Gasteiger partial charge in [0.05, 0.1) is 0 Å². The molecule has 0 aliphatic heterocycles. The second kappa shape index (κ2) is 6.07. The molecule has 1 unspecified atom stereocenters. The molecule has 0 saturated carbocycles. The fourth-order valence-electron chi connectivity index (χ4n) is 1.24. The molecule has 0 aliphatic rings. The number of benzene rings is 1. The van der Waals surface area contributed by atoms with Gasteiger partial charge in [-0.05, 0) is 24.1 Å². The molecule has 1 aromatic carbocycles. The lowest BCUT2D eigenvalue weighted by atomic mass is 10.1. The maximum Gasteiger partial charge on any atom is 0.406 e. The summed E-state index contributed by atoms with van der Waals surface area (Å²) in [6, 6.07) is 5.79. The van der Waals surface area contributed by atoms with E-state index < -0.39 is 6.09 Å². The van der Waals surface area contributed by atoms with Crippen LogP contribution in [-0.4, -0.2) is 25.8 Å². The molecule has 0 aromatic heterocycles. The summed E-state index contributed by atoms with van der Waals surface area (Å²) < 4.78 is 17.4. The first-order valence-electron chi connectivity index (χ1n) is 4.96. The SMILES string of the molecule is CNC(=O)OCC(N)Cc1ccc(F)cc1. The zero-order valence-corrected chi connectivity index (χ0v) is 9.07. The molecular formula is C11H15FN2O2. The molecule has 16 heavy (non-hydrogen) atoms. The minimum absolute atomic E-state index is 0.136. The zero-order chi connectivity index (χ0) is 12.0. The number of alkyl carbamates (subject to hydrolysis) is 1. The summed E-state index contributed by atoms with van der Waals surface area (Å²) in [5.74, 6) is -0.279. The smallest absolute Gasteiger partial charge is 0.406 e. The second-order valence-electron chi connectivity index (χ2n) is 3.44. The van der Waals surface area contributed by atoms with Gasteiger partial charge in [-0.2, -0.15) is 0 Å². The van der Waals surface area contributed by atoms with E-state index >= 15 is 0 Å². The lowest BCUT2D eigenvalue weighted by Crippen LogP contribution is -2.32. The fraction of sp³-hybridized carbons (Fsp3) is 0.364. The molecule has 1 amide bonds. The van der Waals surface area contributed by atoms with Crippen molar-refractivity contribution >= 4 is 6.09 Å². The van der Waals surface area contributed by atoms with E-state index in [4.69, 9.17) is 10.5 Å². The van der Waals surface area contributed by atoms with Crippen molar-refractivity contribution in [3.05, 3.63) is 35.6 Å². The van der Waals surface area contributed by atoms with Crippen LogP contribution in [0.15, 0.2) is 24.3 Å². The van der Waals surface area contributed by atoms with Crippen molar-refractivity contribution in [3.8, 4) is 0 Å². The third-order valence-electron chi connectivity index (χ3n) is 2.04. The zero-order valence-electron chi connectivity index (χ0n) is 9.07.